The number of nitrogens with one attached hydrogen (secondary N) is 1. The average molecular weight is 271 g/mol. The molecule has 0 radical (unpaired) electrons. The van der Waals surface area contributed by atoms with Crippen LogP contribution in [0.25, 0.3) is 0 Å². The van der Waals surface area contributed by atoms with Crippen LogP contribution in [0.1, 0.15) is 29.7 Å². The second-order valence-corrected chi connectivity index (χ2v) is 5.01. The van der Waals surface area contributed by atoms with Crippen LogP contribution in [0.4, 0.5) is 0 Å². The molecule has 20 heavy (non-hydrogen) atoms. The second kappa shape index (κ2) is 6.48. The van der Waals surface area contributed by atoms with E-state index in [2.05, 4.69) is 49.4 Å². The van der Waals surface area contributed by atoms with Gasteiger partial charge in [0.1, 0.15) is 0 Å². The lowest BCUT2D eigenvalue weighted by Gasteiger charge is -2.21. The van der Waals surface area contributed by atoms with E-state index in [1.54, 1.807) is 12.3 Å². The first-order chi connectivity index (χ1) is 9.61. The monoisotopic (exact) mass is 271 g/mol. The number of nitrogens with zero attached hydrogens (tertiary/aromatic N) is 2. The Morgan fingerprint density at radius 1 is 1.30 bits per heavy atom. The molecule has 0 saturated carbocycles. The fourth-order valence-corrected chi connectivity index (χ4v) is 2.43. The number of hydrogen-bond acceptors (Lipinski definition) is 3. The molecule has 0 aliphatic heterocycles. The number of likely N-dealkylation sites (N-methyl/N-ethyl adjacent to an activating group) is 1. The van der Waals surface area contributed by atoms with E-state index >= 15 is 0 Å². The summed E-state index contributed by atoms with van der Waals surface area (Å²) < 4.78 is 1.51. The maximum Gasteiger partial charge on any atom is 0.266 e. The predicted octanol–water partition coefficient (Wildman–Crippen LogP) is 2.21. The quantitative estimate of drug-likeness (QED) is 0.907. The number of aryl methyl sites for hydroxylation is 2. The summed E-state index contributed by atoms with van der Waals surface area (Å²) in [5, 5.41) is 7.57. The highest BCUT2D eigenvalue weighted by atomic mass is 16.1. The summed E-state index contributed by atoms with van der Waals surface area (Å²) in [4.78, 5) is 11.8. The van der Waals surface area contributed by atoms with Gasteiger partial charge in [-0.25, -0.2) is 4.68 Å². The van der Waals surface area contributed by atoms with Gasteiger partial charge in [-0.15, -0.1) is 0 Å². The summed E-state index contributed by atoms with van der Waals surface area (Å²) in [5.41, 5.74) is 3.63. The van der Waals surface area contributed by atoms with Crippen molar-refractivity contribution in [2.45, 2.75) is 33.4 Å². The molecule has 1 atom stereocenters. The van der Waals surface area contributed by atoms with Crippen LogP contribution in [0.15, 0.2) is 41.3 Å². The van der Waals surface area contributed by atoms with Crippen molar-refractivity contribution in [3.05, 3.63) is 63.6 Å². The molecule has 0 spiro atoms. The fraction of sp³-hybridized carbons (Fsp3) is 0.375. The number of rotatable bonds is 5. The zero-order valence-corrected chi connectivity index (χ0v) is 12.3. The van der Waals surface area contributed by atoms with Crippen LogP contribution in [-0.2, 0) is 6.54 Å². The molecule has 0 fully saturated rings. The second-order valence-electron chi connectivity index (χ2n) is 5.01. The highest BCUT2D eigenvalue weighted by Gasteiger charge is 2.14. The Labute approximate surface area is 119 Å². The van der Waals surface area contributed by atoms with Gasteiger partial charge < -0.3 is 5.32 Å². The Hall–Kier alpha value is -1.94. The third-order valence-corrected chi connectivity index (χ3v) is 3.39. The molecule has 0 amide bonds. The minimum Gasteiger partial charge on any atom is -0.309 e. The van der Waals surface area contributed by atoms with Crippen LogP contribution in [0.5, 0.6) is 0 Å². The molecule has 1 unspecified atom stereocenters. The molecule has 1 heterocycles. The Morgan fingerprint density at radius 3 is 2.75 bits per heavy atom. The van der Waals surface area contributed by atoms with Crippen LogP contribution in [0.2, 0.25) is 0 Å². The van der Waals surface area contributed by atoms with Gasteiger partial charge in [0.25, 0.3) is 5.56 Å². The SMILES string of the molecule is CCNC(Cn1ncccc1=O)c1ccc(C)cc1C. The maximum absolute atomic E-state index is 11.8. The summed E-state index contributed by atoms with van der Waals surface area (Å²) in [6, 6.07) is 9.70. The van der Waals surface area contributed by atoms with E-state index in [4.69, 9.17) is 0 Å². The zero-order valence-electron chi connectivity index (χ0n) is 12.3. The normalized spacial score (nSPS) is 12.3. The minimum atomic E-state index is -0.0693. The lowest BCUT2D eigenvalue weighted by Crippen LogP contribution is -2.31. The van der Waals surface area contributed by atoms with Gasteiger partial charge in [0.15, 0.2) is 0 Å². The molecule has 2 rings (SSSR count). The Bertz CT molecular complexity index is 634. The topological polar surface area (TPSA) is 46.9 Å². The molecule has 0 aliphatic carbocycles. The van der Waals surface area contributed by atoms with Crippen molar-refractivity contribution in [1.82, 2.24) is 15.1 Å². The van der Waals surface area contributed by atoms with E-state index in [1.807, 2.05) is 0 Å². The summed E-state index contributed by atoms with van der Waals surface area (Å²) in [7, 11) is 0. The minimum absolute atomic E-state index is 0.0693. The van der Waals surface area contributed by atoms with Crippen molar-refractivity contribution in [1.29, 1.82) is 0 Å². The third-order valence-electron chi connectivity index (χ3n) is 3.39. The van der Waals surface area contributed by atoms with E-state index in [-0.39, 0.29) is 11.6 Å². The molecule has 4 heteroatoms. The molecule has 1 aromatic carbocycles. The Balaban J connectivity index is 2.32. The molecule has 106 valence electrons. The van der Waals surface area contributed by atoms with Gasteiger partial charge in [0.2, 0.25) is 0 Å². The van der Waals surface area contributed by atoms with E-state index in [1.165, 1.54) is 27.4 Å². The van der Waals surface area contributed by atoms with Crippen LogP contribution in [0.3, 0.4) is 0 Å². The van der Waals surface area contributed by atoms with E-state index in [9.17, 15) is 4.79 Å². The van der Waals surface area contributed by atoms with Gasteiger partial charge in [-0.05, 0) is 37.6 Å². The first-order valence-corrected chi connectivity index (χ1v) is 6.94. The summed E-state index contributed by atoms with van der Waals surface area (Å²) in [6.45, 7) is 7.64. The van der Waals surface area contributed by atoms with E-state index in [0.29, 0.717) is 6.54 Å². The summed E-state index contributed by atoms with van der Waals surface area (Å²) in [5.74, 6) is 0. The van der Waals surface area contributed by atoms with Gasteiger partial charge in [0, 0.05) is 12.3 Å². The van der Waals surface area contributed by atoms with Crippen molar-refractivity contribution < 1.29 is 0 Å². The molecule has 1 N–H and O–H groups in total. The highest BCUT2D eigenvalue weighted by Crippen LogP contribution is 2.20. The van der Waals surface area contributed by atoms with Crippen LogP contribution < -0.4 is 10.9 Å². The molecule has 0 saturated heterocycles. The summed E-state index contributed by atoms with van der Waals surface area (Å²) >= 11 is 0. The van der Waals surface area contributed by atoms with Gasteiger partial charge in [-0.2, -0.15) is 5.10 Å². The van der Waals surface area contributed by atoms with Crippen molar-refractivity contribution in [3.63, 3.8) is 0 Å². The lowest BCUT2D eigenvalue weighted by atomic mass is 9.99. The van der Waals surface area contributed by atoms with Gasteiger partial charge in [-0.1, -0.05) is 30.7 Å². The molecule has 4 nitrogen and oxygen atoms in total. The highest BCUT2D eigenvalue weighted by molar-refractivity contribution is 5.32. The number of aromatic nitrogens is 2. The Morgan fingerprint density at radius 2 is 2.10 bits per heavy atom. The third kappa shape index (κ3) is 3.33. The molecule has 0 aliphatic rings. The number of benzene rings is 1. The first-order valence-electron chi connectivity index (χ1n) is 6.94. The molecular formula is C16H21N3O. The van der Waals surface area contributed by atoms with E-state index < -0.39 is 0 Å². The zero-order chi connectivity index (χ0) is 14.5. The summed E-state index contributed by atoms with van der Waals surface area (Å²) in [6.07, 6.45) is 1.65. The van der Waals surface area contributed by atoms with Crippen molar-refractivity contribution in [2.24, 2.45) is 0 Å². The molecule has 2 aromatic rings. The van der Waals surface area contributed by atoms with Crippen LogP contribution in [0, 0.1) is 13.8 Å². The van der Waals surface area contributed by atoms with Gasteiger partial charge >= 0.3 is 0 Å². The largest absolute Gasteiger partial charge is 0.309 e. The smallest absolute Gasteiger partial charge is 0.266 e. The first kappa shape index (κ1) is 14.5. The van der Waals surface area contributed by atoms with E-state index in [0.717, 1.165) is 6.54 Å². The fourth-order valence-electron chi connectivity index (χ4n) is 2.43. The average Bonchev–Trinajstić information content (AvgIpc) is 2.41. The van der Waals surface area contributed by atoms with Crippen molar-refractivity contribution >= 4 is 0 Å². The Kier molecular flexibility index (Phi) is 4.69. The molecule has 1 aromatic heterocycles. The van der Waals surface area contributed by atoms with Crippen LogP contribution >= 0.6 is 0 Å². The number of hydrogen-bond donors (Lipinski definition) is 1. The van der Waals surface area contributed by atoms with Crippen molar-refractivity contribution in [3.8, 4) is 0 Å². The standard InChI is InChI=1S/C16H21N3O/c1-4-17-15(11-19-16(20)6-5-9-18-19)14-8-7-12(2)10-13(14)3/h5-10,15,17H,4,11H2,1-3H3. The maximum atomic E-state index is 11.8. The lowest BCUT2D eigenvalue weighted by molar-refractivity contribution is 0.433. The predicted molar refractivity (Wildman–Crippen MR) is 80.8 cm³/mol. The van der Waals surface area contributed by atoms with Crippen LogP contribution in [-0.4, -0.2) is 16.3 Å². The molecular weight excluding hydrogens is 250 g/mol. The molecule has 0 bridgehead atoms. The van der Waals surface area contributed by atoms with Crippen molar-refractivity contribution in [2.75, 3.05) is 6.54 Å². The van der Waals surface area contributed by atoms with Gasteiger partial charge in [0.05, 0.1) is 12.6 Å². The van der Waals surface area contributed by atoms with Gasteiger partial charge in [-0.3, -0.25) is 4.79 Å².